The zero-order valence-electron chi connectivity index (χ0n) is 24.4. The van der Waals surface area contributed by atoms with Crippen LogP contribution in [0.5, 0.6) is 5.75 Å². The van der Waals surface area contributed by atoms with Crippen LogP contribution in [0.1, 0.15) is 49.6 Å². The number of hydrogen-bond donors (Lipinski definition) is 2. The molecule has 2 atom stereocenters. The normalized spacial score (nSPS) is 13.0. The van der Waals surface area contributed by atoms with E-state index in [-0.39, 0.29) is 5.92 Å². The maximum atomic E-state index is 13.2. The molecule has 220 valence electrons. The fraction of sp³-hybridized carbons (Fsp3) is 0.303. The van der Waals surface area contributed by atoms with E-state index in [4.69, 9.17) is 27.9 Å². The molecule has 1 heterocycles. The molecule has 0 radical (unpaired) electrons. The Hall–Kier alpha value is -3.81. The molecule has 0 unspecified atom stereocenters. The lowest BCUT2D eigenvalue weighted by molar-refractivity contribution is -0.132. The summed E-state index contributed by atoms with van der Waals surface area (Å²) in [4.78, 5) is 26.1. The van der Waals surface area contributed by atoms with Gasteiger partial charge in [-0.25, -0.2) is 5.43 Å². The summed E-state index contributed by atoms with van der Waals surface area (Å²) in [6.45, 7) is 10.4. The van der Waals surface area contributed by atoms with Crippen LogP contribution in [0.4, 0.5) is 0 Å². The zero-order chi connectivity index (χ0) is 30.4. The molecule has 42 heavy (non-hydrogen) atoms. The molecule has 1 aromatic heterocycles. The molecule has 0 aliphatic rings. The summed E-state index contributed by atoms with van der Waals surface area (Å²) in [7, 11) is 0. The van der Waals surface area contributed by atoms with E-state index in [0.717, 1.165) is 28.7 Å². The van der Waals surface area contributed by atoms with Crippen molar-refractivity contribution in [2.45, 2.75) is 59.7 Å². The van der Waals surface area contributed by atoms with Crippen LogP contribution in [-0.2, 0) is 16.1 Å². The molecule has 7 nitrogen and oxygen atoms in total. The molecule has 0 bridgehead atoms. The Morgan fingerprint density at radius 3 is 2.45 bits per heavy atom. The standard InChI is InChI=1S/C33H36Cl2N4O3/c1-20(2)15-29(37-32(40)23(5)42-31-14-13-25(34)17-28(31)35)33(41)38-36-18-27-22(4)39(30-12-7-6-11-26(27)30)19-24-10-8-9-21(3)16-24/h6-14,16-18,20,23,29H,15,19H2,1-5H3,(H,37,40)(H,38,41)/b36-18-/t23-,29+/m0/s1. The summed E-state index contributed by atoms with van der Waals surface area (Å²) < 4.78 is 7.98. The zero-order valence-corrected chi connectivity index (χ0v) is 26.0. The maximum absolute atomic E-state index is 13.2. The van der Waals surface area contributed by atoms with Gasteiger partial charge < -0.3 is 14.6 Å². The van der Waals surface area contributed by atoms with Crippen molar-refractivity contribution in [3.05, 3.63) is 99.2 Å². The minimum atomic E-state index is -0.892. The highest BCUT2D eigenvalue weighted by Crippen LogP contribution is 2.28. The minimum Gasteiger partial charge on any atom is -0.479 e. The second-order valence-electron chi connectivity index (χ2n) is 10.9. The number of amides is 2. The van der Waals surface area contributed by atoms with Gasteiger partial charge in [-0.15, -0.1) is 0 Å². The van der Waals surface area contributed by atoms with Gasteiger partial charge in [0.1, 0.15) is 11.8 Å². The number of aromatic nitrogens is 1. The lowest BCUT2D eigenvalue weighted by Gasteiger charge is -2.22. The number of rotatable bonds is 11. The molecule has 0 saturated heterocycles. The van der Waals surface area contributed by atoms with Crippen molar-refractivity contribution in [1.82, 2.24) is 15.3 Å². The maximum Gasteiger partial charge on any atom is 0.262 e. The molecule has 4 rings (SSSR count). The van der Waals surface area contributed by atoms with Gasteiger partial charge >= 0.3 is 0 Å². The van der Waals surface area contributed by atoms with Gasteiger partial charge in [-0.3, -0.25) is 9.59 Å². The van der Waals surface area contributed by atoms with Crippen LogP contribution >= 0.6 is 23.2 Å². The summed E-state index contributed by atoms with van der Waals surface area (Å²) in [5, 5.41) is 8.90. The van der Waals surface area contributed by atoms with Gasteiger partial charge in [0, 0.05) is 33.7 Å². The van der Waals surface area contributed by atoms with Gasteiger partial charge in [-0.05, 0) is 62.9 Å². The lowest BCUT2D eigenvalue weighted by Crippen LogP contribution is -2.49. The van der Waals surface area contributed by atoms with Crippen molar-refractivity contribution in [2.24, 2.45) is 11.0 Å². The number of halogens is 2. The summed E-state index contributed by atoms with van der Waals surface area (Å²) >= 11 is 12.1. The highest BCUT2D eigenvalue weighted by atomic mass is 35.5. The van der Waals surface area contributed by atoms with Crippen molar-refractivity contribution < 1.29 is 14.3 Å². The van der Waals surface area contributed by atoms with E-state index in [0.29, 0.717) is 22.2 Å². The molecular formula is C33H36Cl2N4O3. The van der Waals surface area contributed by atoms with Crippen molar-refractivity contribution in [2.75, 3.05) is 0 Å². The van der Waals surface area contributed by atoms with Crippen LogP contribution < -0.4 is 15.5 Å². The molecule has 2 amide bonds. The van der Waals surface area contributed by atoms with Crippen LogP contribution in [-0.4, -0.2) is 34.7 Å². The number of aryl methyl sites for hydroxylation is 1. The Kier molecular flexibility index (Phi) is 10.3. The van der Waals surface area contributed by atoms with Gasteiger partial charge in [0.25, 0.3) is 11.8 Å². The van der Waals surface area contributed by atoms with E-state index in [1.54, 1.807) is 25.3 Å². The van der Waals surface area contributed by atoms with Gasteiger partial charge in [0.2, 0.25) is 0 Å². The van der Waals surface area contributed by atoms with Crippen molar-refractivity contribution in [3.63, 3.8) is 0 Å². The predicted octanol–water partition coefficient (Wildman–Crippen LogP) is 7.06. The molecule has 2 N–H and O–H groups in total. The number of fused-ring (bicyclic) bond motifs is 1. The van der Waals surface area contributed by atoms with E-state index < -0.39 is 24.0 Å². The average molecular weight is 608 g/mol. The van der Waals surface area contributed by atoms with Crippen LogP contribution in [0, 0.1) is 19.8 Å². The van der Waals surface area contributed by atoms with Crippen LogP contribution in [0.15, 0.2) is 71.8 Å². The van der Waals surface area contributed by atoms with E-state index in [1.165, 1.54) is 17.2 Å². The number of hydrogen-bond acceptors (Lipinski definition) is 4. The highest BCUT2D eigenvalue weighted by molar-refractivity contribution is 6.35. The first kappa shape index (κ1) is 31.1. The van der Waals surface area contributed by atoms with E-state index >= 15 is 0 Å². The lowest BCUT2D eigenvalue weighted by atomic mass is 10.0. The van der Waals surface area contributed by atoms with E-state index in [9.17, 15) is 9.59 Å². The van der Waals surface area contributed by atoms with Crippen molar-refractivity contribution in [3.8, 4) is 5.75 Å². The Balaban J connectivity index is 1.48. The van der Waals surface area contributed by atoms with Crippen molar-refractivity contribution >= 4 is 52.1 Å². The molecular weight excluding hydrogens is 571 g/mol. The molecule has 0 aliphatic heterocycles. The minimum absolute atomic E-state index is 0.147. The quantitative estimate of drug-likeness (QED) is 0.141. The smallest absolute Gasteiger partial charge is 0.262 e. The number of carbonyl (C=O) groups excluding carboxylic acids is 2. The first-order valence-corrected chi connectivity index (χ1v) is 14.7. The van der Waals surface area contributed by atoms with Crippen molar-refractivity contribution in [1.29, 1.82) is 0 Å². The number of para-hydroxylation sites is 1. The number of nitrogens with one attached hydrogen (secondary N) is 2. The van der Waals surface area contributed by atoms with Crippen LogP contribution in [0.3, 0.4) is 0 Å². The van der Waals surface area contributed by atoms with Crippen LogP contribution in [0.25, 0.3) is 10.9 Å². The monoisotopic (exact) mass is 606 g/mol. The highest BCUT2D eigenvalue weighted by Gasteiger charge is 2.25. The predicted molar refractivity (Wildman–Crippen MR) is 171 cm³/mol. The summed E-state index contributed by atoms with van der Waals surface area (Å²) in [5.41, 5.74) is 8.10. The van der Waals surface area contributed by atoms with E-state index in [1.807, 2.05) is 32.0 Å². The number of carbonyl (C=O) groups is 2. The van der Waals surface area contributed by atoms with Crippen LogP contribution in [0.2, 0.25) is 10.0 Å². The Morgan fingerprint density at radius 1 is 0.976 bits per heavy atom. The Morgan fingerprint density at radius 2 is 1.74 bits per heavy atom. The molecule has 3 aromatic carbocycles. The Labute approximate surface area is 256 Å². The third kappa shape index (κ3) is 7.72. The molecule has 0 aliphatic carbocycles. The summed E-state index contributed by atoms with van der Waals surface area (Å²) in [6, 6.07) is 20.6. The molecule has 0 fully saturated rings. The second kappa shape index (κ2) is 13.9. The first-order chi connectivity index (χ1) is 20.0. The van der Waals surface area contributed by atoms with E-state index in [2.05, 4.69) is 64.6 Å². The average Bonchev–Trinajstić information content (AvgIpc) is 3.20. The SMILES string of the molecule is Cc1cccc(Cn2c(C)c(/C=N\NC(=O)[C@@H](CC(C)C)NC(=O)[C@H](C)Oc3ccc(Cl)cc3Cl)c3ccccc32)c1. The largest absolute Gasteiger partial charge is 0.479 e. The molecule has 9 heteroatoms. The van der Waals surface area contributed by atoms with Gasteiger partial charge in [-0.1, -0.05) is 85.1 Å². The first-order valence-electron chi connectivity index (χ1n) is 13.9. The fourth-order valence-corrected chi connectivity index (χ4v) is 5.32. The topological polar surface area (TPSA) is 84.7 Å². The molecule has 0 spiro atoms. The number of nitrogens with zero attached hydrogens (tertiary/aromatic N) is 2. The number of benzene rings is 3. The third-order valence-corrected chi connectivity index (χ3v) is 7.51. The molecule has 0 saturated carbocycles. The summed E-state index contributed by atoms with van der Waals surface area (Å²) in [5.74, 6) is -0.379. The van der Waals surface area contributed by atoms with Gasteiger partial charge in [0.05, 0.1) is 11.2 Å². The molecule has 4 aromatic rings. The second-order valence-corrected chi connectivity index (χ2v) is 11.7. The van der Waals surface area contributed by atoms with Gasteiger partial charge in [0.15, 0.2) is 6.10 Å². The fourth-order valence-electron chi connectivity index (χ4n) is 4.86. The summed E-state index contributed by atoms with van der Waals surface area (Å²) in [6.07, 6.45) is 1.21. The number of ether oxygens (including phenoxy) is 1. The Bertz CT molecular complexity index is 1610. The van der Waals surface area contributed by atoms with Gasteiger partial charge in [-0.2, -0.15) is 5.10 Å². The number of hydrazone groups is 1. The third-order valence-electron chi connectivity index (χ3n) is 6.98.